The summed E-state index contributed by atoms with van der Waals surface area (Å²) >= 11 is 0. The third kappa shape index (κ3) is 6.18. The molecule has 10 aromatic carbocycles. The van der Waals surface area contributed by atoms with Gasteiger partial charge < -0.3 is 9.80 Å². The maximum absolute atomic E-state index is 2.58. The molecule has 330 valence electrons. The Labute approximate surface area is 405 Å². The number of hydrogen-bond acceptors (Lipinski definition) is 2. The standard InChI is InChI=1S/C67H52N2/c1-67(2)59-25-10-9-23-52(59)53-37-34-48(40-60(53)67)65-55-38-35-50(69-63-28-13-6-19-46(63)32-33-47-20-7-14-29-64(47)69)42-58(55)66(54-24-15-21-43-16-3-8-22-51(43)54)56-39-36-49(41-57(56)65)68-61-26-11-4-17-44(61)30-31-45-18-5-12-27-62(45)68/h3-4,6-17,19-29,34-42H,5,18,30-33H2,1-2H3. The van der Waals surface area contributed by atoms with Crippen LogP contribution in [-0.4, -0.2) is 0 Å². The molecule has 0 amide bonds. The molecule has 0 fully saturated rings. The molecule has 69 heavy (non-hydrogen) atoms. The molecular weight excluding hydrogens is 833 g/mol. The van der Waals surface area contributed by atoms with Crippen molar-refractivity contribution in [3.05, 3.63) is 245 Å². The van der Waals surface area contributed by atoms with Crippen LogP contribution in [0.25, 0.3) is 65.7 Å². The average molecular weight is 885 g/mol. The van der Waals surface area contributed by atoms with Crippen LogP contribution >= 0.6 is 0 Å². The maximum atomic E-state index is 2.58. The summed E-state index contributed by atoms with van der Waals surface area (Å²) in [5.74, 6) is 0. The molecule has 2 nitrogen and oxygen atoms in total. The van der Waals surface area contributed by atoms with Crippen LogP contribution in [0.4, 0.5) is 28.4 Å². The van der Waals surface area contributed by atoms with Gasteiger partial charge in [-0.3, -0.25) is 0 Å². The van der Waals surface area contributed by atoms with Crippen molar-refractivity contribution in [1.29, 1.82) is 0 Å². The predicted octanol–water partition coefficient (Wildman–Crippen LogP) is 18.0. The molecule has 2 heteroatoms. The minimum atomic E-state index is -0.145. The van der Waals surface area contributed by atoms with Crippen LogP contribution in [-0.2, 0) is 24.7 Å². The Morgan fingerprint density at radius 2 is 0.957 bits per heavy atom. The summed E-state index contributed by atoms with van der Waals surface area (Å²) in [5.41, 5.74) is 23.6. The minimum Gasteiger partial charge on any atom is -0.310 e. The normalized spacial score (nSPS) is 15.6. The fourth-order valence-electron chi connectivity index (χ4n) is 12.8. The van der Waals surface area contributed by atoms with Crippen LogP contribution in [0.2, 0.25) is 0 Å². The van der Waals surface area contributed by atoms with Crippen molar-refractivity contribution in [2.45, 2.75) is 57.8 Å². The molecule has 0 bridgehead atoms. The number of anilines is 5. The third-order valence-corrected chi connectivity index (χ3v) is 16.1. The second kappa shape index (κ2) is 15.6. The lowest BCUT2D eigenvalue weighted by atomic mass is 9.80. The topological polar surface area (TPSA) is 6.48 Å². The number of allylic oxidation sites excluding steroid dienone is 3. The smallest absolute Gasteiger partial charge is 0.0493 e. The van der Waals surface area contributed by atoms with Crippen molar-refractivity contribution < 1.29 is 0 Å². The SMILES string of the molecule is CC1(C)c2ccccc2-c2ccc(-c3c4cc(N5C6=C(CCC=C6)CCc6ccccc65)ccc4c(-c4cccc5ccccc45)c4cc(N5c6ccccc6CCc6ccccc65)ccc34)cc21. The highest BCUT2D eigenvalue weighted by Crippen LogP contribution is 2.54. The van der Waals surface area contributed by atoms with Crippen molar-refractivity contribution in [3.8, 4) is 33.4 Å². The number of rotatable bonds is 4. The molecule has 0 radical (unpaired) electrons. The van der Waals surface area contributed by atoms with Gasteiger partial charge in [0.2, 0.25) is 0 Å². The lowest BCUT2D eigenvalue weighted by Gasteiger charge is -2.31. The lowest BCUT2D eigenvalue weighted by Crippen LogP contribution is -2.18. The zero-order valence-electron chi connectivity index (χ0n) is 39.3. The van der Waals surface area contributed by atoms with Gasteiger partial charge in [-0.1, -0.05) is 166 Å². The van der Waals surface area contributed by atoms with Crippen LogP contribution < -0.4 is 9.80 Å². The van der Waals surface area contributed by atoms with Crippen LogP contribution in [0.3, 0.4) is 0 Å². The van der Waals surface area contributed by atoms with E-state index in [-0.39, 0.29) is 5.41 Å². The molecule has 0 unspecified atom stereocenters. The van der Waals surface area contributed by atoms with Gasteiger partial charge in [-0.2, -0.15) is 0 Å². The van der Waals surface area contributed by atoms with E-state index in [1.54, 1.807) is 5.57 Å². The monoisotopic (exact) mass is 884 g/mol. The molecule has 10 aromatic rings. The third-order valence-electron chi connectivity index (χ3n) is 16.1. The summed E-state index contributed by atoms with van der Waals surface area (Å²) in [7, 11) is 0. The van der Waals surface area contributed by atoms with Gasteiger partial charge in [-0.05, 0) is 192 Å². The average Bonchev–Trinajstić information content (AvgIpc) is 3.51. The van der Waals surface area contributed by atoms with E-state index in [0.717, 1.165) is 38.5 Å². The zero-order valence-corrected chi connectivity index (χ0v) is 39.3. The number of nitrogens with zero attached hydrogens (tertiary/aromatic N) is 2. The Hall–Kier alpha value is -7.94. The van der Waals surface area contributed by atoms with Crippen molar-refractivity contribution in [2.75, 3.05) is 9.80 Å². The van der Waals surface area contributed by atoms with E-state index in [1.807, 2.05) is 0 Å². The van der Waals surface area contributed by atoms with Gasteiger partial charge in [-0.25, -0.2) is 0 Å². The van der Waals surface area contributed by atoms with E-state index in [1.165, 1.54) is 128 Å². The van der Waals surface area contributed by atoms with Crippen LogP contribution in [0.5, 0.6) is 0 Å². The van der Waals surface area contributed by atoms with Crippen LogP contribution in [0.1, 0.15) is 60.9 Å². The first-order valence-corrected chi connectivity index (χ1v) is 25.0. The fourth-order valence-corrected chi connectivity index (χ4v) is 12.8. The fraction of sp³-hybridized carbons (Fsp3) is 0.134. The van der Waals surface area contributed by atoms with Crippen molar-refractivity contribution in [1.82, 2.24) is 0 Å². The maximum Gasteiger partial charge on any atom is 0.0493 e. The first kappa shape index (κ1) is 40.2. The summed E-state index contributed by atoms with van der Waals surface area (Å²) in [6.45, 7) is 4.81. The first-order valence-electron chi connectivity index (χ1n) is 25.0. The van der Waals surface area contributed by atoms with Gasteiger partial charge >= 0.3 is 0 Å². The van der Waals surface area contributed by atoms with Gasteiger partial charge in [0.15, 0.2) is 0 Å². The summed E-state index contributed by atoms with van der Waals surface area (Å²) in [5, 5.41) is 7.53. The molecule has 0 N–H and O–H groups in total. The van der Waals surface area contributed by atoms with E-state index in [2.05, 4.69) is 230 Å². The molecule has 14 rings (SSSR count). The minimum absolute atomic E-state index is 0.145. The highest BCUT2D eigenvalue weighted by Gasteiger charge is 2.36. The zero-order chi connectivity index (χ0) is 45.8. The second-order valence-electron chi connectivity index (χ2n) is 20.2. The van der Waals surface area contributed by atoms with Gasteiger partial charge in [-0.15, -0.1) is 0 Å². The molecular formula is C67H52N2. The van der Waals surface area contributed by atoms with Crippen LogP contribution in [0.15, 0.2) is 218 Å². The largest absolute Gasteiger partial charge is 0.310 e. The van der Waals surface area contributed by atoms with E-state index < -0.39 is 0 Å². The predicted molar refractivity (Wildman–Crippen MR) is 292 cm³/mol. The Bertz CT molecular complexity index is 3790. The molecule has 0 atom stereocenters. The molecule has 0 spiro atoms. The van der Waals surface area contributed by atoms with E-state index in [0.29, 0.717) is 0 Å². The number of benzene rings is 10. The molecule has 0 saturated carbocycles. The Morgan fingerprint density at radius 3 is 1.71 bits per heavy atom. The van der Waals surface area contributed by atoms with E-state index in [9.17, 15) is 0 Å². The molecule has 2 heterocycles. The van der Waals surface area contributed by atoms with Gasteiger partial charge in [0.1, 0.15) is 0 Å². The number of fused-ring (bicyclic) bond motifs is 9. The second-order valence-corrected chi connectivity index (χ2v) is 20.2. The summed E-state index contributed by atoms with van der Waals surface area (Å²) in [4.78, 5) is 5.12. The highest BCUT2D eigenvalue weighted by molar-refractivity contribution is 6.25. The van der Waals surface area contributed by atoms with Crippen molar-refractivity contribution in [3.63, 3.8) is 0 Å². The highest BCUT2D eigenvalue weighted by atomic mass is 15.2. The molecule has 0 saturated heterocycles. The number of hydrogen-bond donors (Lipinski definition) is 0. The quantitative estimate of drug-likeness (QED) is 0.163. The number of aryl methyl sites for hydroxylation is 3. The molecule has 0 aromatic heterocycles. The van der Waals surface area contributed by atoms with Gasteiger partial charge in [0.25, 0.3) is 0 Å². The molecule has 4 aliphatic rings. The van der Waals surface area contributed by atoms with E-state index in [4.69, 9.17) is 0 Å². The van der Waals surface area contributed by atoms with E-state index >= 15 is 0 Å². The van der Waals surface area contributed by atoms with Crippen molar-refractivity contribution >= 4 is 60.8 Å². The lowest BCUT2D eigenvalue weighted by molar-refractivity contribution is 0.660. The first-order chi connectivity index (χ1) is 34.0. The summed E-state index contributed by atoms with van der Waals surface area (Å²) in [6, 6.07) is 74.1. The van der Waals surface area contributed by atoms with Gasteiger partial charge in [0, 0.05) is 39.5 Å². The summed E-state index contributed by atoms with van der Waals surface area (Å²) in [6.07, 6.45) is 11.1. The van der Waals surface area contributed by atoms with Gasteiger partial charge in [0.05, 0.1) is 0 Å². The Kier molecular flexibility index (Phi) is 9.05. The number of para-hydroxylation sites is 3. The Morgan fingerprint density at radius 1 is 0.391 bits per heavy atom. The van der Waals surface area contributed by atoms with Crippen molar-refractivity contribution in [2.24, 2.45) is 0 Å². The van der Waals surface area contributed by atoms with Crippen LogP contribution in [0, 0.1) is 0 Å². The molecule has 2 aliphatic heterocycles. The summed E-state index contributed by atoms with van der Waals surface area (Å²) < 4.78 is 0. The molecule has 2 aliphatic carbocycles. The Balaban J connectivity index is 1.12.